The molecule has 3 heterocycles. The predicted octanol–water partition coefficient (Wildman–Crippen LogP) is 3.63. The van der Waals surface area contributed by atoms with Gasteiger partial charge in [0.2, 0.25) is 0 Å². The second-order valence-electron chi connectivity index (χ2n) is 5.84. The fourth-order valence-corrected chi connectivity index (χ4v) is 3.35. The van der Waals surface area contributed by atoms with Crippen LogP contribution in [0, 0.1) is 0 Å². The Morgan fingerprint density at radius 1 is 1.48 bits per heavy atom. The van der Waals surface area contributed by atoms with Crippen LogP contribution in [0.1, 0.15) is 29.3 Å². The van der Waals surface area contributed by atoms with E-state index in [2.05, 4.69) is 35.3 Å². The van der Waals surface area contributed by atoms with Gasteiger partial charge in [-0.2, -0.15) is 16.0 Å². The number of hydrogen-bond acceptors (Lipinski definition) is 8. The van der Waals surface area contributed by atoms with Crippen LogP contribution in [0.5, 0.6) is 0 Å². The van der Waals surface area contributed by atoms with Crippen LogP contribution >= 0.6 is 22.9 Å². The summed E-state index contributed by atoms with van der Waals surface area (Å²) in [7, 11) is 0. The molecule has 4 rings (SSSR count). The lowest BCUT2D eigenvalue weighted by atomic mass is 10.3. The standard InChI is InChI=1S/C16H14ClN7O2S/c17-10-7-19-15(12-4-3-9(27-12)6-20-16(25)26-18)22-14(10)21-13-5-11(23-24-13)8-1-2-8/h3-8H,1-2,18H2,(H2,19,21,22,23,24). The van der Waals surface area contributed by atoms with Crippen molar-refractivity contribution in [1.29, 1.82) is 0 Å². The summed E-state index contributed by atoms with van der Waals surface area (Å²) in [6.45, 7) is 0. The Bertz CT molecular complexity index is 1010. The van der Waals surface area contributed by atoms with Crippen molar-refractivity contribution in [3.8, 4) is 10.7 Å². The highest BCUT2D eigenvalue weighted by molar-refractivity contribution is 7.17. The van der Waals surface area contributed by atoms with E-state index >= 15 is 0 Å². The number of H-pyrrole nitrogens is 1. The van der Waals surface area contributed by atoms with Gasteiger partial charge in [-0.05, 0) is 25.0 Å². The number of nitrogens with one attached hydrogen (secondary N) is 2. The number of amides is 1. The van der Waals surface area contributed by atoms with Crippen LogP contribution in [0.3, 0.4) is 0 Å². The minimum Gasteiger partial charge on any atom is -0.355 e. The summed E-state index contributed by atoms with van der Waals surface area (Å²) in [6.07, 6.45) is 4.39. The van der Waals surface area contributed by atoms with Gasteiger partial charge in [0.05, 0.1) is 17.3 Å². The Labute approximate surface area is 162 Å². The molecule has 138 valence electrons. The normalized spacial score (nSPS) is 13.9. The van der Waals surface area contributed by atoms with Crippen molar-refractivity contribution in [3.63, 3.8) is 0 Å². The van der Waals surface area contributed by atoms with Crippen LogP contribution in [-0.4, -0.2) is 32.5 Å². The Hall–Kier alpha value is -2.82. The molecule has 0 radical (unpaired) electrons. The van der Waals surface area contributed by atoms with Crippen molar-refractivity contribution >= 4 is 46.9 Å². The van der Waals surface area contributed by atoms with E-state index in [9.17, 15) is 4.79 Å². The van der Waals surface area contributed by atoms with Crippen molar-refractivity contribution in [3.05, 3.63) is 40.0 Å². The number of aromatic amines is 1. The van der Waals surface area contributed by atoms with E-state index in [1.54, 1.807) is 6.07 Å². The third-order valence-electron chi connectivity index (χ3n) is 3.85. The molecule has 4 N–H and O–H groups in total. The van der Waals surface area contributed by atoms with Crippen molar-refractivity contribution in [2.75, 3.05) is 5.32 Å². The van der Waals surface area contributed by atoms with Gasteiger partial charge >= 0.3 is 6.09 Å². The second kappa shape index (κ2) is 7.43. The molecule has 1 amide bonds. The van der Waals surface area contributed by atoms with E-state index in [1.165, 1.54) is 36.6 Å². The smallest absolute Gasteiger partial charge is 0.355 e. The molecule has 27 heavy (non-hydrogen) atoms. The summed E-state index contributed by atoms with van der Waals surface area (Å²) in [5.74, 6) is 6.93. The Kier molecular flexibility index (Phi) is 4.84. The molecule has 9 nitrogen and oxygen atoms in total. The summed E-state index contributed by atoms with van der Waals surface area (Å²) in [6, 6.07) is 5.58. The number of carbonyl (C=O) groups excluding carboxylic acids is 1. The number of aromatic nitrogens is 4. The average molecular weight is 404 g/mol. The first kappa shape index (κ1) is 17.6. The summed E-state index contributed by atoms with van der Waals surface area (Å²) >= 11 is 7.57. The van der Waals surface area contributed by atoms with E-state index in [0.29, 0.717) is 28.4 Å². The number of anilines is 2. The number of nitrogens with two attached hydrogens (primary N) is 1. The van der Waals surface area contributed by atoms with Gasteiger partial charge in [-0.15, -0.1) is 11.3 Å². The predicted molar refractivity (Wildman–Crippen MR) is 102 cm³/mol. The molecule has 11 heteroatoms. The van der Waals surface area contributed by atoms with Gasteiger partial charge < -0.3 is 10.2 Å². The minimum absolute atomic E-state index is 0.388. The number of carbonyl (C=O) groups is 1. The third kappa shape index (κ3) is 4.13. The molecule has 0 spiro atoms. The highest BCUT2D eigenvalue weighted by Crippen LogP contribution is 2.40. The van der Waals surface area contributed by atoms with E-state index in [4.69, 9.17) is 17.5 Å². The summed E-state index contributed by atoms with van der Waals surface area (Å²) in [5, 5.41) is 10.8. The van der Waals surface area contributed by atoms with Crippen molar-refractivity contribution in [2.24, 2.45) is 10.9 Å². The zero-order valence-electron chi connectivity index (χ0n) is 13.8. The molecule has 1 aliphatic rings. The van der Waals surface area contributed by atoms with Crippen LogP contribution in [0.25, 0.3) is 10.7 Å². The monoisotopic (exact) mass is 403 g/mol. The highest BCUT2D eigenvalue weighted by Gasteiger charge is 2.25. The van der Waals surface area contributed by atoms with Crippen molar-refractivity contribution in [1.82, 2.24) is 20.2 Å². The van der Waals surface area contributed by atoms with Crippen LogP contribution < -0.4 is 11.2 Å². The number of halogens is 1. The van der Waals surface area contributed by atoms with Crippen molar-refractivity contribution in [2.45, 2.75) is 18.8 Å². The van der Waals surface area contributed by atoms with Gasteiger partial charge in [-0.1, -0.05) is 11.6 Å². The average Bonchev–Trinajstić information content (AvgIpc) is 3.23. The fourth-order valence-electron chi connectivity index (χ4n) is 2.39. The topological polar surface area (TPSA) is 131 Å². The van der Waals surface area contributed by atoms with Gasteiger partial charge in [0.1, 0.15) is 5.02 Å². The number of nitrogens with zero attached hydrogens (tertiary/aromatic N) is 4. The lowest BCUT2D eigenvalue weighted by molar-refractivity contribution is 0.159. The first-order valence-corrected chi connectivity index (χ1v) is 9.21. The van der Waals surface area contributed by atoms with Gasteiger partial charge in [-0.25, -0.2) is 14.8 Å². The van der Waals surface area contributed by atoms with Crippen LogP contribution in [0.4, 0.5) is 16.4 Å². The van der Waals surface area contributed by atoms with Gasteiger partial charge in [0.15, 0.2) is 17.5 Å². The molecule has 1 aliphatic carbocycles. The molecule has 1 fully saturated rings. The molecule has 3 aromatic rings. The fraction of sp³-hybridized carbons (Fsp3) is 0.188. The molecule has 0 atom stereocenters. The largest absolute Gasteiger partial charge is 0.452 e. The molecule has 0 saturated heterocycles. The molecule has 1 saturated carbocycles. The molecule has 0 aliphatic heterocycles. The molecular formula is C16H14ClN7O2S. The van der Waals surface area contributed by atoms with Gasteiger partial charge in [-0.3, -0.25) is 5.10 Å². The highest BCUT2D eigenvalue weighted by atomic mass is 35.5. The van der Waals surface area contributed by atoms with E-state index in [-0.39, 0.29) is 0 Å². The molecule has 0 aromatic carbocycles. The first-order chi connectivity index (χ1) is 13.1. The second-order valence-corrected chi connectivity index (χ2v) is 7.36. The summed E-state index contributed by atoms with van der Waals surface area (Å²) < 4.78 is 0. The maximum atomic E-state index is 11.0. The van der Waals surface area contributed by atoms with Gasteiger partial charge in [0.25, 0.3) is 0 Å². The summed E-state index contributed by atoms with van der Waals surface area (Å²) in [5.41, 5.74) is 1.11. The van der Waals surface area contributed by atoms with Crippen LogP contribution in [0.2, 0.25) is 5.02 Å². The van der Waals surface area contributed by atoms with E-state index in [1.807, 2.05) is 12.1 Å². The van der Waals surface area contributed by atoms with Crippen molar-refractivity contribution < 1.29 is 9.63 Å². The number of hydrogen-bond donors (Lipinski definition) is 3. The first-order valence-electron chi connectivity index (χ1n) is 8.02. The Morgan fingerprint density at radius 3 is 3.11 bits per heavy atom. The lowest BCUT2D eigenvalue weighted by Crippen LogP contribution is -2.04. The van der Waals surface area contributed by atoms with Crippen LogP contribution in [0.15, 0.2) is 29.4 Å². The quantitative estimate of drug-likeness (QED) is 0.437. The lowest BCUT2D eigenvalue weighted by Gasteiger charge is -2.05. The molecule has 0 bridgehead atoms. The molecule has 3 aromatic heterocycles. The Balaban J connectivity index is 1.53. The third-order valence-corrected chi connectivity index (χ3v) is 5.14. The maximum absolute atomic E-state index is 11.0. The van der Waals surface area contributed by atoms with Crippen LogP contribution in [-0.2, 0) is 4.84 Å². The molecule has 0 unspecified atom stereocenters. The zero-order valence-corrected chi connectivity index (χ0v) is 15.4. The zero-order chi connectivity index (χ0) is 18.8. The van der Waals surface area contributed by atoms with E-state index < -0.39 is 6.09 Å². The number of thiophene rings is 1. The van der Waals surface area contributed by atoms with Gasteiger partial charge in [0, 0.05) is 22.6 Å². The SMILES string of the molecule is NOC(=O)N=Cc1ccc(-c2ncc(Cl)c(Nc3cc(C4CC4)[nH]n3)n2)s1. The maximum Gasteiger partial charge on any atom is 0.452 e. The summed E-state index contributed by atoms with van der Waals surface area (Å²) in [4.78, 5) is 28.7. The van der Waals surface area contributed by atoms with E-state index in [0.717, 1.165) is 15.4 Å². The Morgan fingerprint density at radius 2 is 2.33 bits per heavy atom. The number of aliphatic imine (C=N–C) groups is 1. The molecular weight excluding hydrogens is 390 g/mol. The minimum atomic E-state index is -0.872. The number of rotatable bonds is 5.